The molecule has 2 aliphatic rings. The maximum atomic E-state index is 14.2. The lowest BCUT2D eigenvalue weighted by Gasteiger charge is -2.26. The van der Waals surface area contributed by atoms with Crippen LogP contribution in [0.15, 0.2) is 64.4 Å². The first kappa shape index (κ1) is 32.2. The minimum atomic E-state index is -2.58. The summed E-state index contributed by atoms with van der Waals surface area (Å²) in [5.74, 6) is 5.42. The first-order valence-electron chi connectivity index (χ1n) is 15.9. The molecule has 244 valence electrons. The van der Waals surface area contributed by atoms with Crippen molar-refractivity contribution < 1.29 is 13.7 Å². The predicted molar refractivity (Wildman–Crippen MR) is 186 cm³/mol. The van der Waals surface area contributed by atoms with E-state index in [0.717, 1.165) is 47.5 Å². The Morgan fingerprint density at radius 2 is 1.85 bits per heavy atom. The Bertz CT molecular complexity index is 1870. The summed E-state index contributed by atoms with van der Waals surface area (Å²) in [7, 11) is 3.48. The zero-order valence-electron chi connectivity index (χ0n) is 27.2. The number of fused-ring (bicyclic) bond motifs is 1. The summed E-state index contributed by atoms with van der Waals surface area (Å²) < 4.78 is 27.3. The minimum absolute atomic E-state index is 0.0532. The SMILES string of the molecule is C=S(=O)(c1ccc(C)c(-c2cc3cnc(Nc4ccc(OC5CCN(C)C5)cc4)nc3n(CCN(C)C)c2=O)c1)C1CCOCC1. The van der Waals surface area contributed by atoms with Crippen LogP contribution in [0.25, 0.3) is 22.2 Å². The number of likely N-dealkylation sites (N-methyl/N-ethyl adjacent to an activating group) is 2. The van der Waals surface area contributed by atoms with Crippen LogP contribution in [0.5, 0.6) is 5.75 Å². The number of rotatable bonds is 10. The first-order valence-corrected chi connectivity index (χ1v) is 17.7. The van der Waals surface area contributed by atoms with Crippen LogP contribution < -0.4 is 15.6 Å². The predicted octanol–water partition coefficient (Wildman–Crippen LogP) is 4.41. The molecule has 46 heavy (non-hydrogen) atoms. The summed E-state index contributed by atoms with van der Waals surface area (Å²) >= 11 is 0. The fourth-order valence-electron chi connectivity index (χ4n) is 6.20. The van der Waals surface area contributed by atoms with E-state index < -0.39 is 9.52 Å². The molecular weight excluding hydrogens is 600 g/mol. The van der Waals surface area contributed by atoms with Crippen molar-refractivity contribution in [2.45, 2.75) is 49.0 Å². The number of benzene rings is 2. The molecule has 0 amide bonds. The van der Waals surface area contributed by atoms with Crippen molar-refractivity contribution in [2.75, 3.05) is 59.3 Å². The molecule has 2 atom stereocenters. The number of hydrogen-bond acceptors (Lipinski definition) is 9. The zero-order chi connectivity index (χ0) is 32.4. The molecule has 2 aromatic heterocycles. The molecule has 2 unspecified atom stereocenters. The summed E-state index contributed by atoms with van der Waals surface area (Å²) in [6.07, 6.45) is 4.40. The Labute approximate surface area is 271 Å². The highest BCUT2D eigenvalue weighted by Gasteiger charge is 2.26. The molecule has 0 bridgehead atoms. The molecule has 1 N–H and O–H groups in total. The van der Waals surface area contributed by atoms with Crippen molar-refractivity contribution in [3.63, 3.8) is 0 Å². The molecule has 4 heterocycles. The molecule has 2 aromatic carbocycles. The molecule has 0 radical (unpaired) electrons. The third kappa shape index (κ3) is 6.97. The molecular formula is C35H44N6O4S. The standard InChI is InChI=1S/C35H44N6O4S/c1-24-6-11-30(46(5,43)29-13-18-44-19-14-29)21-31(24)32-20-25-22-36-35(38-33(25)41(34(32)42)17-16-39(2)3)37-26-7-9-27(10-8-26)45-28-12-15-40(4)23-28/h6-11,20-22,28-29H,5,12-19,23H2,1-4H3,(H,36,37,38). The van der Waals surface area contributed by atoms with Gasteiger partial charge < -0.3 is 24.6 Å². The van der Waals surface area contributed by atoms with Crippen LogP contribution >= 0.6 is 0 Å². The average Bonchev–Trinajstić information content (AvgIpc) is 3.46. The van der Waals surface area contributed by atoms with Gasteiger partial charge in [-0.1, -0.05) is 6.07 Å². The van der Waals surface area contributed by atoms with Gasteiger partial charge in [-0.25, -0.2) is 4.98 Å². The second kappa shape index (κ2) is 13.5. The quantitative estimate of drug-likeness (QED) is 0.252. The van der Waals surface area contributed by atoms with Crippen LogP contribution in [0.1, 0.15) is 24.8 Å². The van der Waals surface area contributed by atoms with Gasteiger partial charge in [-0.3, -0.25) is 13.6 Å². The lowest BCUT2D eigenvalue weighted by atomic mass is 10.0. The monoisotopic (exact) mass is 644 g/mol. The summed E-state index contributed by atoms with van der Waals surface area (Å²) in [6, 6.07) is 15.4. The van der Waals surface area contributed by atoms with Gasteiger partial charge in [0, 0.05) is 72.4 Å². The number of aromatic nitrogens is 3. The second-order valence-corrected chi connectivity index (χ2v) is 15.3. The van der Waals surface area contributed by atoms with Crippen LogP contribution in [0.3, 0.4) is 0 Å². The topological polar surface area (TPSA) is 102 Å². The highest BCUT2D eigenvalue weighted by Crippen LogP contribution is 2.30. The lowest BCUT2D eigenvalue weighted by Crippen LogP contribution is -2.29. The normalized spacial score (nSPS) is 19.0. The number of nitrogens with zero attached hydrogens (tertiary/aromatic N) is 5. The van der Waals surface area contributed by atoms with E-state index in [1.807, 2.05) is 74.4 Å². The van der Waals surface area contributed by atoms with Gasteiger partial charge in [0.05, 0.1) is 0 Å². The number of anilines is 2. The van der Waals surface area contributed by atoms with E-state index in [1.54, 1.807) is 10.8 Å². The van der Waals surface area contributed by atoms with Crippen LogP contribution in [-0.2, 0) is 20.8 Å². The van der Waals surface area contributed by atoms with Crippen molar-refractivity contribution in [1.29, 1.82) is 0 Å². The van der Waals surface area contributed by atoms with Gasteiger partial charge in [-0.15, -0.1) is 0 Å². The largest absolute Gasteiger partial charge is 0.489 e. The third-order valence-electron chi connectivity index (χ3n) is 8.96. The first-order chi connectivity index (χ1) is 22.1. The van der Waals surface area contributed by atoms with E-state index in [2.05, 4.69) is 28.1 Å². The lowest BCUT2D eigenvalue weighted by molar-refractivity contribution is 0.0991. The van der Waals surface area contributed by atoms with Gasteiger partial charge in [0.2, 0.25) is 5.95 Å². The molecule has 0 spiro atoms. The molecule has 10 nitrogen and oxygen atoms in total. The zero-order valence-corrected chi connectivity index (χ0v) is 28.0. The summed E-state index contributed by atoms with van der Waals surface area (Å²) in [6.45, 7) is 6.22. The Kier molecular flexibility index (Phi) is 9.47. The van der Waals surface area contributed by atoms with Gasteiger partial charge in [0.1, 0.15) is 17.5 Å². The molecule has 6 rings (SSSR count). The van der Waals surface area contributed by atoms with Gasteiger partial charge in [0.15, 0.2) is 0 Å². The maximum absolute atomic E-state index is 14.2. The minimum Gasteiger partial charge on any atom is -0.489 e. The number of aryl methyl sites for hydroxylation is 1. The van der Waals surface area contributed by atoms with Gasteiger partial charge in [-0.05, 0) is 116 Å². The molecule has 0 aliphatic carbocycles. The number of likely N-dealkylation sites (tertiary alicyclic amines) is 1. The number of nitrogens with one attached hydrogen (secondary N) is 1. The van der Waals surface area contributed by atoms with E-state index >= 15 is 0 Å². The van der Waals surface area contributed by atoms with Gasteiger partial charge in [0.25, 0.3) is 5.56 Å². The molecule has 0 saturated carbocycles. The summed E-state index contributed by atoms with van der Waals surface area (Å²) in [5, 5.41) is 3.98. The van der Waals surface area contributed by atoms with Gasteiger partial charge in [-0.2, -0.15) is 4.98 Å². The van der Waals surface area contributed by atoms with Crippen LogP contribution in [0, 0.1) is 6.92 Å². The van der Waals surface area contributed by atoms with Crippen LogP contribution in [0.2, 0.25) is 0 Å². The van der Waals surface area contributed by atoms with Crippen molar-refractivity contribution in [1.82, 2.24) is 24.3 Å². The number of ether oxygens (including phenoxy) is 2. The maximum Gasteiger partial charge on any atom is 0.260 e. The van der Waals surface area contributed by atoms with Crippen molar-refractivity contribution in [2.24, 2.45) is 0 Å². The van der Waals surface area contributed by atoms with Gasteiger partial charge >= 0.3 is 0 Å². The van der Waals surface area contributed by atoms with Crippen LogP contribution in [-0.4, -0.2) is 99.8 Å². The molecule has 11 heteroatoms. The Morgan fingerprint density at radius 1 is 1.09 bits per heavy atom. The fourth-order valence-corrected chi connectivity index (χ4v) is 8.16. The second-order valence-electron chi connectivity index (χ2n) is 12.7. The molecule has 4 aromatic rings. The molecule has 2 saturated heterocycles. The summed E-state index contributed by atoms with van der Waals surface area (Å²) in [4.78, 5) is 28.6. The van der Waals surface area contributed by atoms with E-state index in [0.29, 0.717) is 61.2 Å². The van der Waals surface area contributed by atoms with E-state index in [1.165, 1.54) is 0 Å². The van der Waals surface area contributed by atoms with Crippen molar-refractivity contribution in [3.8, 4) is 16.9 Å². The Morgan fingerprint density at radius 3 is 2.54 bits per heavy atom. The highest BCUT2D eigenvalue weighted by molar-refractivity contribution is 8.00. The van der Waals surface area contributed by atoms with E-state index in [4.69, 9.17) is 14.5 Å². The average molecular weight is 645 g/mol. The van der Waals surface area contributed by atoms with E-state index in [-0.39, 0.29) is 16.9 Å². The smallest absolute Gasteiger partial charge is 0.260 e. The number of hydrogen-bond donors (Lipinski definition) is 1. The third-order valence-corrected chi connectivity index (χ3v) is 11.6. The molecule has 2 aliphatic heterocycles. The van der Waals surface area contributed by atoms with Crippen LogP contribution in [0.4, 0.5) is 11.6 Å². The van der Waals surface area contributed by atoms with E-state index in [9.17, 15) is 9.00 Å². The summed E-state index contributed by atoms with van der Waals surface area (Å²) in [5.41, 5.74) is 3.42. The Hall–Kier alpha value is -3.77. The van der Waals surface area contributed by atoms with Crippen molar-refractivity contribution in [3.05, 3.63) is 70.6 Å². The fraction of sp³-hybridized carbons (Fsp3) is 0.429. The Balaban J connectivity index is 1.33. The highest BCUT2D eigenvalue weighted by atomic mass is 32.2. The molecule has 2 fully saturated rings. The van der Waals surface area contributed by atoms with Crippen molar-refractivity contribution >= 4 is 38.1 Å². The number of pyridine rings is 1.